The number of aromatic nitrogens is 2. The van der Waals surface area contributed by atoms with Gasteiger partial charge in [0.2, 0.25) is 0 Å². The molecule has 2 aliphatic heterocycles. The highest BCUT2D eigenvalue weighted by molar-refractivity contribution is 5.88. The Kier molecular flexibility index (Phi) is 5.19. The third-order valence-electron chi connectivity index (χ3n) is 4.65. The number of aryl methyl sites for hydroxylation is 1. The Morgan fingerprint density at radius 1 is 1.16 bits per heavy atom. The Hall–Kier alpha value is -3.42. The third kappa shape index (κ3) is 4.17. The van der Waals surface area contributed by atoms with Crippen molar-refractivity contribution in [3.63, 3.8) is 0 Å². The molecule has 3 heterocycles. The number of benzene rings is 1. The Morgan fingerprint density at radius 3 is 2.59 bits per heavy atom. The summed E-state index contributed by atoms with van der Waals surface area (Å²) in [6.07, 6.45) is -6.28. The van der Waals surface area contributed by atoms with Gasteiger partial charge in [0.1, 0.15) is 13.2 Å². The summed E-state index contributed by atoms with van der Waals surface area (Å²) in [5.41, 5.74) is -0.765. The number of hydrogen-bond donors (Lipinski definition) is 1. The lowest BCUT2D eigenvalue weighted by atomic mass is 10.1. The van der Waals surface area contributed by atoms with Gasteiger partial charge in [-0.25, -0.2) is 4.39 Å². The summed E-state index contributed by atoms with van der Waals surface area (Å²) in [4.78, 5) is 4.02. The summed E-state index contributed by atoms with van der Waals surface area (Å²) in [6, 6.07) is 3.60. The molecule has 0 saturated carbocycles. The van der Waals surface area contributed by atoms with Crippen LogP contribution in [-0.4, -0.2) is 39.7 Å². The Bertz CT molecular complexity index is 1130. The first-order valence-electron chi connectivity index (χ1n) is 8.98. The normalized spacial score (nSPS) is 18.5. The molecule has 0 radical (unpaired) electrons. The number of fused-ring (bicyclic) bond motifs is 1. The summed E-state index contributed by atoms with van der Waals surface area (Å²) >= 11 is 0. The zero-order valence-corrected chi connectivity index (χ0v) is 16.2. The Morgan fingerprint density at radius 2 is 1.91 bits per heavy atom. The minimum Gasteiger partial charge on any atom is -0.486 e. The van der Waals surface area contributed by atoms with Crippen molar-refractivity contribution >= 4 is 17.9 Å². The summed E-state index contributed by atoms with van der Waals surface area (Å²) in [5, 5.41) is 7.36. The zero-order valence-electron chi connectivity index (χ0n) is 16.2. The van der Waals surface area contributed by atoms with Gasteiger partial charge in [-0.15, -0.1) is 5.01 Å². The molecule has 0 spiro atoms. The van der Waals surface area contributed by atoms with E-state index in [1.54, 1.807) is 0 Å². The first-order valence-corrected chi connectivity index (χ1v) is 8.98. The number of ether oxygens (including phenoxy) is 1. The second-order valence-corrected chi connectivity index (χ2v) is 6.92. The highest BCUT2D eigenvalue weighted by Gasteiger charge is 2.43. The largest absolute Gasteiger partial charge is 0.486 e. The fourth-order valence-electron chi connectivity index (χ4n) is 3.19. The molecule has 1 atom stereocenters. The monoisotopic (exact) mass is 463 g/mol. The molecule has 1 aromatic carbocycles. The minimum atomic E-state index is -4.71. The number of nitrogens with zero attached hydrogens (tertiary/aromatic N) is 5. The van der Waals surface area contributed by atoms with Gasteiger partial charge in [0.25, 0.3) is 5.84 Å². The van der Waals surface area contributed by atoms with Crippen molar-refractivity contribution in [3.8, 4) is 5.75 Å². The van der Waals surface area contributed by atoms with E-state index in [0.29, 0.717) is 17.6 Å². The molecule has 0 amide bonds. The van der Waals surface area contributed by atoms with E-state index in [1.165, 1.54) is 25.4 Å². The van der Waals surface area contributed by atoms with Gasteiger partial charge in [-0.05, 0) is 18.2 Å². The van der Waals surface area contributed by atoms with Gasteiger partial charge in [-0.3, -0.25) is 9.58 Å². The summed E-state index contributed by atoms with van der Waals surface area (Å²) in [7, 11) is 1.31. The van der Waals surface area contributed by atoms with Crippen molar-refractivity contribution in [2.45, 2.75) is 19.1 Å². The van der Waals surface area contributed by atoms with Crippen LogP contribution in [0.1, 0.15) is 16.8 Å². The molecule has 0 saturated heterocycles. The first-order chi connectivity index (χ1) is 14.9. The van der Waals surface area contributed by atoms with E-state index < -0.39 is 37.1 Å². The van der Waals surface area contributed by atoms with Crippen molar-refractivity contribution in [1.82, 2.24) is 14.7 Å². The quantitative estimate of drug-likeness (QED) is 0.560. The van der Waals surface area contributed by atoms with Crippen LogP contribution in [0.3, 0.4) is 0 Å². The van der Waals surface area contributed by atoms with Crippen molar-refractivity contribution < 1.29 is 40.5 Å². The van der Waals surface area contributed by atoms with Crippen LogP contribution < -0.4 is 9.75 Å². The molecule has 1 aromatic heterocycles. The van der Waals surface area contributed by atoms with E-state index in [-0.39, 0.29) is 27.1 Å². The van der Waals surface area contributed by atoms with E-state index in [0.717, 1.165) is 16.9 Å². The Labute approximate surface area is 175 Å². The highest BCUT2D eigenvalue weighted by Crippen LogP contribution is 2.32. The van der Waals surface area contributed by atoms with E-state index in [2.05, 4.69) is 15.2 Å². The molecule has 2 aromatic rings. The smallest absolute Gasteiger partial charge is 0.486 e. The number of aliphatic imine (C=N–C) groups is 1. The first kappa shape index (κ1) is 21.8. The van der Waals surface area contributed by atoms with E-state index >= 15 is 0 Å². The molecule has 2 aliphatic rings. The molecule has 14 heteroatoms. The fraction of sp³-hybridized carbons (Fsp3) is 0.278. The highest BCUT2D eigenvalue weighted by atomic mass is 19.4. The number of quaternary nitrogens is 1. The van der Waals surface area contributed by atoms with E-state index in [4.69, 9.17) is 4.74 Å². The van der Waals surface area contributed by atoms with Crippen LogP contribution in [0.25, 0.3) is 5.70 Å². The minimum absolute atomic E-state index is 0.0669. The van der Waals surface area contributed by atoms with Crippen LogP contribution in [0.2, 0.25) is 0 Å². The van der Waals surface area contributed by atoms with Gasteiger partial charge < -0.3 is 4.74 Å². The lowest BCUT2D eigenvalue weighted by Gasteiger charge is -2.26. The van der Waals surface area contributed by atoms with Crippen LogP contribution in [0, 0.1) is 5.82 Å². The van der Waals surface area contributed by atoms with E-state index in [9.17, 15) is 30.7 Å². The second-order valence-electron chi connectivity index (χ2n) is 6.92. The number of rotatable bonds is 4. The molecule has 1 unspecified atom stereocenters. The SMILES string of the molecule is Cn1cc(COc2cc(C3=CN=C4CN(C(F)(F)F)C=N[NH+]34)ccc2F)c(C(F)(F)F)n1. The number of halogens is 7. The lowest BCUT2D eigenvalue weighted by molar-refractivity contribution is -0.732. The molecular weight excluding hydrogens is 449 g/mol. The average Bonchev–Trinajstić information content (AvgIpc) is 3.29. The van der Waals surface area contributed by atoms with Gasteiger partial charge in [0.05, 0.1) is 6.20 Å². The fourth-order valence-corrected chi connectivity index (χ4v) is 3.19. The number of amidine groups is 1. The van der Waals surface area contributed by atoms with Crippen molar-refractivity contribution in [2.75, 3.05) is 6.54 Å². The van der Waals surface area contributed by atoms with Crippen LogP contribution >= 0.6 is 0 Å². The van der Waals surface area contributed by atoms with Gasteiger partial charge in [-0.1, -0.05) is 5.10 Å². The molecule has 4 rings (SSSR count). The van der Waals surface area contributed by atoms with Crippen LogP contribution in [0.5, 0.6) is 5.75 Å². The standard InChI is InChI=1S/C18H13F7N6O/c1-29-6-11(16(28-29)17(20,21)22)8-32-14-4-10(2-3-12(14)19)13-5-26-15-7-30(18(23,24)25)9-27-31(13)15/h2-6,9H,7-8H2,1H3/p+1. The maximum absolute atomic E-state index is 14.2. The second kappa shape index (κ2) is 7.62. The maximum atomic E-state index is 14.2. The molecule has 0 fully saturated rings. The number of nitrogens with one attached hydrogen (secondary N) is 1. The third-order valence-corrected chi connectivity index (χ3v) is 4.65. The van der Waals surface area contributed by atoms with Gasteiger partial charge in [0, 0.05) is 24.4 Å². The summed E-state index contributed by atoms with van der Waals surface area (Å²) in [5.74, 6) is -1.09. The summed E-state index contributed by atoms with van der Waals surface area (Å²) < 4.78 is 98.3. The van der Waals surface area contributed by atoms with Crippen molar-refractivity contribution in [3.05, 3.63) is 53.2 Å². The van der Waals surface area contributed by atoms with Crippen LogP contribution in [0.4, 0.5) is 30.7 Å². The van der Waals surface area contributed by atoms with Crippen molar-refractivity contribution in [1.29, 1.82) is 0 Å². The number of hydrogen-bond acceptors (Lipinski definition) is 5. The molecule has 0 aliphatic carbocycles. The molecule has 170 valence electrons. The zero-order chi connectivity index (χ0) is 23.3. The van der Waals surface area contributed by atoms with E-state index in [1.807, 2.05) is 0 Å². The lowest BCUT2D eigenvalue weighted by Crippen LogP contribution is -3.08. The Balaban J connectivity index is 1.54. The van der Waals surface area contributed by atoms with Gasteiger partial charge in [-0.2, -0.15) is 36.4 Å². The van der Waals surface area contributed by atoms with Crippen molar-refractivity contribution in [2.24, 2.45) is 17.1 Å². The maximum Gasteiger partial charge on any atom is 0.486 e. The molecular formula is C18H14F7N6O+. The van der Waals surface area contributed by atoms with Gasteiger partial charge >= 0.3 is 12.5 Å². The predicted molar refractivity (Wildman–Crippen MR) is 96.6 cm³/mol. The molecule has 0 bridgehead atoms. The topological polar surface area (TPSA) is 59.4 Å². The molecule has 32 heavy (non-hydrogen) atoms. The average molecular weight is 463 g/mol. The predicted octanol–water partition coefficient (Wildman–Crippen LogP) is 2.53. The van der Waals surface area contributed by atoms with Crippen LogP contribution in [-0.2, 0) is 19.8 Å². The molecule has 7 nitrogen and oxygen atoms in total. The molecule has 1 N–H and O–H groups in total. The summed E-state index contributed by atoms with van der Waals surface area (Å²) in [6.45, 7) is -1.13. The van der Waals surface area contributed by atoms with Crippen LogP contribution in [0.15, 0.2) is 40.7 Å². The number of alkyl halides is 6. The van der Waals surface area contributed by atoms with Gasteiger partial charge in [0.15, 0.2) is 29.3 Å².